The van der Waals surface area contributed by atoms with Gasteiger partial charge >= 0.3 is 94.6 Å². The van der Waals surface area contributed by atoms with Gasteiger partial charge in [-0.2, -0.15) is 21.4 Å². The Hall–Kier alpha value is -1.92. The normalized spacial score (nSPS) is 20.2. The number of nitrogens with zero attached hydrogens (tertiary/aromatic N) is 3. The van der Waals surface area contributed by atoms with Crippen molar-refractivity contribution in [2.45, 2.75) is 85.8 Å². The number of carbonyl (C=O) groups is 3. The number of fused-ring (bicyclic) bond motifs is 2. The van der Waals surface area contributed by atoms with Crippen molar-refractivity contribution < 1.29 is 169 Å². The molecule has 69 heavy (non-hydrogen) atoms. The second-order valence-corrected chi connectivity index (χ2v) is 22.1. The van der Waals surface area contributed by atoms with Crippen LogP contribution in [0.15, 0.2) is 94.4 Å². The van der Waals surface area contributed by atoms with E-state index in [1.54, 1.807) is 61.0 Å². The molecule has 0 saturated carbocycles. The van der Waals surface area contributed by atoms with Gasteiger partial charge in [-0.1, -0.05) is 30.4 Å². The van der Waals surface area contributed by atoms with E-state index in [1.165, 1.54) is 37.4 Å². The second-order valence-electron chi connectivity index (χ2n) is 16.2. The standard InChI is InChI=1S/C42H51N3O17S4.3Na/c1-41(21-10-26-63(49,50)51)32-28-30(65(55,56)57)15-17-34(32)43(23-9-14-40(48)62-45-38(46)19-20-39(45)47)36(41)12-7-5-4-6-8-13-37-42(2,22-11-27-64(52,53)54)33-29-31(66(58,59)60)16-18-35(33)44(37)24-25-61-3;;;/h4-8,12-13,15-18,28-29H,9-11,14,19-27H2,1-3H3,(H3-,49,50,51,52,53,54,55,56,57,58,59,60);;;/q;3*+1/p-1. The number of hydroxylamine groups is 2. The zero-order chi connectivity index (χ0) is 48.9. The van der Waals surface area contributed by atoms with Gasteiger partial charge in [-0.3, -0.25) is 18.7 Å². The van der Waals surface area contributed by atoms with Crippen LogP contribution in [0, 0.1) is 0 Å². The molecule has 3 aliphatic heterocycles. The molecule has 27 heteroatoms. The Labute approximate surface area is 469 Å². The van der Waals surface area contributed by atoms with Crippen molar-refractivity contribution in [3.8, 4) is 0 Å². The van der Waals surface area contributed by atoms with Gasteiger partial charge in [0.15, 0.2) is 5.71 Å². The predicted molar refractivity (Wildman–Crippen MR) is 236 cm³/mol. The van der Waals surface area contributed by atoms with Gasteiger partial charge in [-0.25, -0.2) is 21.6 Å². The van der Waals surface area contributed by atoms with Crippen LogP contribution in [-0.2, 0) is 75.3 Å². The number of carbonyl (C=O) groups excluding carboxylic acids is 3. The first-order valence-corrected chi connectivity index (χ1v) is 26.5. The number of anilines is 1. The summed E-state index contributed by atoms with van der Waals surface area (Å²) < 4.78 is 145. The summed E-state index contributed by atoms with van der Waals surface area (Å²) in [5.74, 6) is -3.46. The van der Waals surface area contributed by atoms with Crippen LogP contribution in [0.2, 0.25) is 0 Å². The first kappa shape index (κ1) is 63.2. The maximum Gasteiger partial charge on any atom is 1.00 e. The fourth-order valence-corrected chi connectivity index (χ4v) is 10.5. The molecule has 0 radical (unpaired) electrons. The van der Waals surface area contributed by atoms with Gasteiger partial charge in [-0.15, -0.1) is 5.06 Å². The molecule has 0 aliphatic carbocycles. The molecule has 2 aromatic rings. The van der Waals surface area contributed by atoms with Crippen LogP contribution in [-0.4, -0.2) is 123 Å². The zero-order valence-corrected chi connectivity index (χ0v) is 48.5. The van der Waals surface area contributed by atoms with Crippen LogP contribution in [0.4, 0.5) is 11.4 Å². The predicted octanol–water partition coefficient (Wildman–Crippen LogP) is -5.44. The van der Waals surface area contributed by atoms with E-state index in [-0.39, 0.29) is 158 Å². The molecule has 1 saturated heterocycles. The first-order chi connectivity index (χ1) is 30.7. The molecule has 0 bridgehead atoms. The van der Waals surface area contributed by atoms with Crippen molar-refractivity contribution in [2.24, 2.45) is 0 Å². The van der Waals surface area contributed by atoms with Gasteiger partial charge in [0, 0.05) is 73.2 Å². The number of hydrogen-bond donors (Lipinski definition) is 2. The minimum absolute atomic E-state index is 0. The van der Waals surface area contributed by atoms with Crippen LogP contribution in [0.1, 0.15) is 76.3 Å². The Balaban J connectivity index is 0.00000544. The topological polar surface area (TPSA) is 302 Å². The molecule has 0 spiro atoms. The number of ether oxygens (including phenoxy) is 1. The average Bonchev–Trinajstić information content (AvgIpc) is 3.73. The number of benzene rings is 2. The summed E-state index contributed by atoms with van der Waals surface area (Å²) in [5, 5.41) is 0.426. The van der Waals surface area contributed by atoms with Gasteiger partial charge in [-0.05, 0) is 81.5 Å². The quantitative estimate of drug-likeness (QED) is 0.0366. The summed E-state index contributed by atoms with van der Waals surface area (Å²) >= 11 is 0. The largest absolute Gasteiger partial charge is 1.00 e. The Morgan fingerprint density at radius 3 is 1.96 bits per heavy atom. The minimum Gasteiger partial charge on any atom is -0.748 e. The van der Waals surface area contributed by atoms with E-state index >= 15 is 0 Å². The van der Waals surface area contributed by atoms with Gasteiger partial charge in [0.05, 0.1) is 44.1 Å². The van der Waals surface area contributed by atoms with E-state index in [4.69, 9.17) is 9.57 Å². The van der Waals surface area contributed by atoms with Crippen molar-refractivity contribution >= 4 is 75.3 Å². The molecular weight excluding hydrogens is 1020 g/mol. The van der Waals surface area contributed by atoms with Gasteiger partial charge < -0.3 is 23.6 Å². The van der Waals surface area contributed by atoms with Gasteiger partial charge in [0.1, 0.15) is 16.7 Å². The van der Waals surface area contributed by atoms with Crippen molar-refractivity contribution in [3.63, 3.8) is 0 Å². The number of amides is 2. The molecule has 2 unspecified atom stereocenters. The number of methoxy groups -OCH3 is 1. The molecule has 2 N–H and O–H groups in total. The van der Waals surface area contributed by atoms with Gasteiger partial charge in [0.2, 0.25) is 5.69 Å². The second kappa shape index (κ2) is 25.8. The monoisotopic (exact) mass is 1070 g/mol. The average molecular weight is 1070 g/mol. The molecule has 1 fully saturated rings. The third kappa shape index (κ3) is 16.3. The van der Waals surface area contributed by atoms with Crippen molar-refractivity contribution in [1.82, 2.24) is 5.06 Å². The maximum atomic E-state index is 12.7. The smallest absolute Gasteiger partial charge is 0.748 e. The Kier molecular flexibility index (Phi) is 23.7. The van der Waals surface area contributed by atoms with Gasteiger partial charge in [0.25, 0.3) is 32.1 Å². The van der Waals surface area contributed by atoms with E-state index in [0.717, 1.165) is 6.07 Å². The van der Waals surface area contributed by atoms with Crippen molar-refractivity contribution in [1.29, 1.82) is 0 Å². The maximum absolute atomic E-state index is 12.7. The molecule has 3 heterocycles. The number of imide groups is 1. The summed E-state index contributed by atoms with van der Waals surface area (Å²) in [5.41, 5.74) is 0.777. The van der Waals surface area contributed by atoms with Crippen molar-refractivity contribution in [3.05, 3.63) is 95.8 Å². The van der Waals surface area contributed by atoms with E-state index in [9.17, 15) is 66.3 Å². The van der Waals surface area contributed by atoms with Crippen molar-refractivity contribution in [2.75, 3.05) is 43.2 Å². The molecule has 20 nitrogen and oxygen atoms in total. The summed E-state index contributed by atoms with van der Waals surface area (Å²) in [7, 11) is -17.0. The minimum atomic E-state index is -4.95. The Bertz CT molecular complexity index is 2870. The molecule has 360 valence electrons. The van der Waals surface area contributed by atoms with Crippen LogP contribution in [0.3, 0.4) is 0 Å². The summed E-state index contributed by atoms with van der Waals surface area (Å²) in [6.45, 7) is 4.11. The fraction of sp³-hybridized carbons (Fsp3) is 0.429. The van der Waals surface area contributed by atoms with Crippen LogP contribution in [0.25, 0.3) is 0 Å². The number of hydrogen-bond acceptors (Lipinski definition) is 16. The number of rotatable bonds is 22. The Morgan fingerprint density at radius 1 is 0.783 bits per heavy atom. The first-order valence-electron chi connectivity index (χ1n) is 20.5. The molecule has 0 aromatic heterocycles. The van der Waals surface area contributed by atoms with Crippen LogP contribution in [0.5, 0.6) is 0 Å². The van der Waals surface area contributed by atoms with E-state index in [0.29, 0.717) is 45.5 Å². The molecule has 2 amide bonds. The number of allylic oxidation sites excluding steroid dienone is 8. The van der Waals surface area contributed by atoms with Crippen LogP contribution >= 0.6 is 0 Å². The SMILES string of the molecule is COCCN1C(=CC=CC=CC=CC2=[N+](CCCC(=O)ON3C(=O)CCC3=O)c3ccc(S(=O)(=O)[O-])cc3C2(C)CCCS(=O)(=O)[O-])C(C)(CCCS(=O)(=O)O)c2cc(S(=O)(=O)O)ccc21.[Na+].[Na+].[Na+]. The molecule has 3 aliphatic rings. The summed E-state index contributed by atoms with van der Waals surface area (Å²) in [6, 6.07) is 7.83. The fourth-order valence-electron chi connectivity index (χ4n) is 8.45. The van der Waals surface area contributed by atoms with E-state index in [2.05, 4.69) is 0 Å². The Morgan fingerprint density at radius 2 is 1.36 bits per heavy atom. The van der Waals surface area contributed by atoms with E-state index in [1.807, 2.05) is 4.90 Å². The van der Waals surface area contributed by atoms with Crippen LogP contribution < -0.4 is 93.6 Å². The molecule has 5 rings (SSSR count). The molecule has 2 atom stereocenters. The summed E-state index contributed by atoms with van der Waals surface area (Å²) in [4.78, 5) is 42.6. The zero-order valence-electron chi connectivity index (χ0n) is 39.2. The molecular formula is C42H50N3Na3O17S4+2. The summed E-state index contributed by atoms with van der Waals surface area (Å²) in [6.07, 6.45) is 11.3. The molecule has 2 aromatic carbocycles. The van der Waals surface area contributed by atoms with E-state index < -0.39 is 85.5 Å². The third-order valence-corrected chi connectivity index (χ3v) is 14.9. The third-order valence-electron chi connectivity index (χ3n) is 11.6.